The van der Waals surface area contributed by atoms with Gasteiger partial charge in [0.1, 0.15) is 11.6 Å². The van der Waals surface area contributed by atoms with Gasteiger partial charge < -0.3 is 15.0 Å². The molecule has 1 N–H and O–H groups in total. The van der Waals surface area contributed by atoms with Crippen LogP contribution < -0.4 is 15.0 Å². The number of pyridine rings is 1. The van der Waals surface area contributed by atoms with Crippen molar-refractivity contribution in [3.8, 4) is 5.75 Å². The number of nitrogens with zero attached hydrogens (tertiary/aromatic N) is 2. The van der Waals surface area contributed by atoms with E-state index in [2.05, 4.69) is 90.1 Å². The van der Waals surface area contributed by atoms with Gasteiger partial charge >= 0.3 is 0 Å². The summed E-state index contributed by atoms with van der Waals surface area (Å²) in [6, 6.07) is 29.4. The molecule has 0 aliphatic carbocycles. The van der Waals surface area contributed by atoms with E-state index in [-0.39, 0.29) is 0 Å². The molecule has 3 aromatic carbocycles. The van der Waals surface area contributed by atoms with Crippen LogP contribution in [0.15, 0.2) is 84.9 Å². The molecule has 1 aromatic heterocycles. The van der Waals surface area contributed by atoms with Crippen LogP contribution in [0, 0.1) is 0 Å². The lowest BCUT2D eigenvalue weighted by molar-refractivity contribution is 0.415. The molecule has 4 aromatic rings. The number of rotatable bonds is 9. The minimum absolute atomic E-state index is 0.819. The third-order valence-corrected chi connectivity index (χ3v) is 5.55. The third-order valence-electron chi connectivity index (χ3n) is 5.55. The maximum Gasteiger partial charge on any atom is 0.131 e. The summed E-state index contributed by atoms with van der Waals surface area (Å²) in [7, 11) is 3.79. The Balaban J connectivity index is 1.55. The number of methoxy groups -OCH3 is 1. The molecule has 4 nitrogen and oxygen atoms in total. The first-order chi connectivity index (χ1) is 15.2. The van der Waals surface area contributed by atoms with Crippen molar-refractivity contribution < 1.29 is 4.74 Å². The minimum atomic E-state index is 0.819. The molecule has 0 bridgehead atoms. The van der Waals surface area contributed by atoms with Gasteiger partial charge in [0.05, 0.1) is 12.6 Å². The number of benzene rings is 3. The summed E-state index contributed by atoms with van der Waals surface area (Å²) in [5.41, 5.74) is 4.70. The largest absolute Gasteiger partial charge is 0.497 e. The Morgan fingerprint density at radius 3 is 2.19 bits per heavy atom. The summed E-state index contributed by atoms with van der Waals surface area (Å²) in [6.45, 7) is 1.76. The summed E-state index contributed by atoms with van der Waals surface area (Å²) in [5.74, 6) is 1.78. The molecular formula is C27H29N3O. The first-order valence-electron chi connectivity index (χ1n) is 10.7. The highest BCUT2D eigenvalue weighted by Crippen LogP contribution is 2.29. The molecule has 0 atom stereocenters. The van der Waals surface area contributed by atoms with Crippen LogP contribution in [0.5, 0.6) is 5.75 Å². The van der Waals surface area contributed by atoms with Crippen molar-refractivity contribution in [3.63, 3.8) is 0 Å². The van der Waals surface area contributed by atoms with Crippen molar-refractivity contribution in [3.05, 3.63) is 96.1 Å². The fraction of sp³-hybridized carbons (Fsp3) is 0.222. The second-order valence-electron chi connectivity index (χ2n) is 7.73. The molecule has 0 saturated carbocycles. The van der Waals surface area contributed by atoms with E-state index in [9.17, 15) is 0 Å². The van der Waals surface area contributed by atoms with Gasteiger partial charge in [0.2, 0.25) is 0 Å². The third kappa shape index (κ3) is 5.34. The zero-order valence-electron chi connectivity index (χ0n) is 18.2. The molecule has 158 valence electrons. The van der Waals surface area contributed by atoms with Gasteiger partial charge in [0, 0.05) is 43.3 Å². The lowest BCUT2D eigenvalue weighted by Gasteiger charge is -2.21. The van der Waals surface area contributed by atoms with Gasteiger partial charge in [-0.1, -0.05) is 60.7 Å². The Kier molecular flexibility index (Phi) is 6.68. The van der Waals surface area contributed by atoms with Crippen LogP contribution in [-0.2, 0) is 12.8 Å². The molecule has 31 heavy (non-hydrogen) atoms. The second-order valence-corrected chi connectivity index (χ2v) is 7.73. The van der Waals surface area contributed by atoms with Crippen molar-refractivity contribution in [1.82, 2.24) is 4.98 Å². The lowest BCUT2D eigenvalue weighted by atomic mass is 10.1. The number of anilines is 2. The molecule has 0 radical (unpaired) electrons. The maximum absolute atomic E-state index is 5.43. The summed E-state index contributed by atoms with van der Waals surface area (Å²) < 4.78 is 5.43. The van der Waals surface area contributed by atoms with Crippen molar-refractivity contribution >= 4 is 22.4 Å². The van der Waals surface area contributed by atoms with Gasteiger partial charge in [-0.25, -0.2) is 4.98 Å². The first-order valence-corrected chi connectivity index (χ1v) is 10.7. The van der Waals surface area contributed by atoms with Crippen LogP contribution in [-0.4, -0.2) is 32.2 Å². The lowest BCUT2D eigenvalue weighted by Crippen LogP contribution is -2.21. The number of aromatic nitrogens is 1. The van der Waals surface area contributed by atoms with Gasteiger partial charge in [-0.2, -0.15) is 0 Å². The SMILES string of the molecule is COc1ccc2c(NCCc3ccccc3)cc(N(C)CCc3ccccc3)nc2c1. The van der Waals surface area contributed by atoms with E-state index < -0.39 is 0 Å². The minimum Gasteiger partial charge on any atom is -0.497 e. The molecule has 1 heterocycles. The summed E-state index contributed by atoms with van der Waals surface area (Å²) in [6.07, 6.45) is 1.95. The fourth-order valence-electron chi connectivity index (χ4n) is 3.71. The van der Waals surface area contributed by atoms with Gasteiger partial charge in [0.15, 0.2) is 0 Å². The number of fused-ring (bicyclic) bond motifs is 1. The number of likely N-dealkylation sites (N-methyl/N-ethyl adjacent to an activating group) is 1. The highest BCUT2D eigenvalue weighted by atomic mass is 16.5. The molecule has 4 rings (SSSR count). The van der Waals surface area contributed by atoms with Crippen LogP contribution in [0.1, 0.15) is 11.1 Å². The van der Waals surface area contributed by atoms with Crippen LogP contribution in [0.4, 0.5) is 11.5 Å². The van der Waals surface area contributed by atoms with Gasteiger partial charge in [-0.05, 0) is 36.1 Å². The molecule has 0 fully saturated rings. The van der Waals surface area contributed by atoms with Crippen LogP contribution in [0.25, 0.3) is 10.9 Å². The summed E-state index contributed by atoms with van der Waals surface area (Å²) in [5, 5.41) is 4.74. The average molecular weight is 412 g/mol. The Morgan fingerprint density at radius 2 is 1.52 bits per heavy atom. The number of hydrogen-bond donors (Lipinski definition) is 1. The molecule has 0 saturated heterocycles. The molecule has 0 aliphatic heterocycles. The Morgan fingerprint density at radius 1 is 0.839 bits per heavy atom. The van der Waals surface area contributed by atoms with E-state index in [0.717, 1.165) is 54.1 Å². The van der Waals surface area contributed by atoms with E-state index in [1.54, 1.807) is 7.11 Å². The van der Waals surface area contributed by atoms with Crippen molar-refractivity contribution in [2.45, 2.75) is 12.8 Å². The highest BCUT2D eigenvalue weighted by Gasteiger charge is 2.11. The smallest absolute Gasteiger partial charge is 0.131 e. The van der Waals surface area contributed by atoms with E-state index in [0.29, 0.717) is 0 Å². The van der Waals surface area contributed by atoms with Crippen LogP contribution >= 0.6 is 0 Å². The normalized spacial score (nSPS) is 10.8. The quantitative estimate of drug-likeness (QED) is 0.390. The molecule has 0 aliphatic rings. The number of nitrogens with one attached hydrogen (secondary N) is 1. The standard InChI is InChI=1S/C27H29N3O/c1-30(18-16-22-11-7-4-8-12-22)27-20-25(28-17-15-21-9-5-3-6-10-21)24-14-13-23(31-2)19-26(24)29-27/h3-14,19-20H,15-18H2,1-2H3,(H,28,29). The van der Waals surface area contributed by atoms with Gasteiger partial charge in [-0.15, -0.1) is 0 Å². The van der Waals surface area contributed by atoms with Crippen molar-refractivity contribution in [2.24, 2.45) is 0 Å². The monoisotopic (exact) mass is 411 g/mol. The molecule has 0 unspecified atom stereocenters. The predicted molar refractivity (Wildman–Crippen MR) is 130 cm³/mol. The van der Waals surface area contributed by atoms with E-state index in [1.165, 1.54) is 11.1 Å². The van der Waals surface area contributed by atoms with E-state index in [4.69, 9.17) is 9.72 Å². The molecule has 0 amide bonds. The fourth-order valence-corrected chi connectivity index (χ4v) is 3.71. The summed E-state index contributed by atoms with van der Waals surface area (Å²) in [4.78, 5) is 7.15. The van der Waals surface area contributed by atoms with E-state index >= 15 is 0 Å². The number of ether oxygens (including phenoxy) is 1. The zero-order chi connectivity index (χ0) is 21.5. The zero-order valence-corrected chi connectivity index (χ0v) is 18.2. The molecule has 0 spiro atoms. The summed E-state index contributed by atoms with van der Waals surface area (Å²) >= 11 is 0. The maximum atomic E-state index is 5.43. The first kappa shape index (κ1) is 20.7. The topological polar surface area (TPSA) is 37.4 Å². The molecular weight excluding hydrogens is 382 g/mol. The van der Waals surface area contributed by atoms with Gasteiger partial charge in [-0.3, -0.25) is 0 Å². The highest BCUT2D eigenvalue weighted by molar-refractivity contribution is 5.94. The van der Waals surface area contributed by atoms with Crippen molar-refractivity contribution in [1.29, 1.82) is 0 Å². The van der Waals surface area contributed by atoms with Gasteiger partial charge in [0.25, 0.3) is 0 Å². The van der Waals surface area contributed by atoms with Crippen molar-refractivity contribution in [2.75, 3.05) is 37.5 Å². The Labute approximate surface area is 184 Å². The van der Waals surface area contributed by atoms with Crippen LogP contribution in [0.3, 0.4) is 0 Å². The van der Waals surface area contributed by atoms with Crippen LogP contribution in [0.2, 0.25) is 0 Å². The Bertz CT molecular complexity index is 1110. The number of hydrogen-bond acceptors (Lipinski definition) is 4. The Hall–Kier alpha value is -3.53. The molecule has 4 heteroatoms. The van der Waals surface area contributed by atoms with E-state index in [1.807, 2.05) is 12.1 Å². The second kappa shape index (κ2) is 9.98. The predicted octanol–water partition coefficient (Wildman–Crippen LogP) is 5.58. The average Bonchev–Trinajstić information content (AvgIpc) is 2.83.